The minimum Gasteiger partial charge on any atom is -0.454 e. The van der Waals surface area contributed by atoms with Crippen LogP contribution in [0.1, 0.15) is 27.2 Å². The minimum atomic E-state index is -0.706. The fourth-order valence-corrected chi connectivity index (χ4v) is 0.776. The predicted molar refractivity (Wildman–Crippen MR) is 49.0 cm³/mol. The van der Waals surface area contributed by atoms with Crippen LogP contribution in [0.15, 0.2) is 0 Å². The van der Waals surface area contributed by atoms with Gasteiger partial charge in [-0.25, -0.2) is 0 Å². The van der Waals surface area contributed by atoms with Gasteiger partial charge in [-0.15, -0.1) is 0 Å². The van der Waals surface area contributed by atoms with E-state index >= 15 is 0 Å². The van der Waals surface area contributed by atoms with Crippen LogP contribution < -0.4 is 5.73 Å². The van der Waals surface area contributed by atoms with E-state index < -0.39 is 18.1 Å². The van der Waals surface area contributed by atoms with Crippen LogP contribution in [0.3, 0.4) is 0 Å². The van der Waals surface area contributed by atoms with Crippen LogP contribution in [0.4, 0.5) is 0 Å². The highest BCUT2D eigenvalue weighted by molar-refractivity contribution is 5.77. The molecule has 0 fully saturated rings. The van der Waals surface area contributed by atoms with Crippen molar-refractivity contribution in [2.45, 2.75) is 39.3 Å². The van der Waals surface area contributed by atoms with E-state index in [0.29, 0.717) is 6.29 Å². The highest BCUT2D eigenvalue weighted by Crippen LogP contribution is 2.07. The molecule has 0 bridgehead atoms. The molecule has 0 aromatic rings. The molecule has 0 aromatic heterocycles. The van der Waals surface area contributed by atoms with E-state index in [1.54, 1.807) is 0 Å². The van der Waals surface area contributed by atoms with Crippen LogP contribution in [0.2, 0.25) is 0 Å². The zero-order chi connectivity index (χ0) is 10.4. The molecule has 0 rings (SSSR count). The molecule has 0 spiro atoms. The van der Waals surface area contributed by atoms with Gasteiger partial charge in [0.05, 0.1) is 0 Å². The molecule has 3 atom stereocenters. The van der Waals surface area contributed by atoms with Crippen molar-refractivity contribution in [2.75, 3.05) is 0 Å². The third-order valence-corrected chi connectivity index (χ3v) is 2.02. The second-order valence-corrected chi connectivity index (χ2v) is 3.19. The summed E-state index contributed by atoms with van der Waals surface area (Å²) in [5.74, 6) is -0.430. The average Bonchev–Trinajstić information content (AvgIpc) is 2.14. The van der Waals surface area contributed by atoms with Crippen LogP contribution in [-0.4, -0.2) is 24.4 Å². The van der Waals surface area contributed by atoms with Crippen LogP contribution in [0.5, 0.6) is 0 Å². The summed E-state index contributed by atoms with van der Waals surface area (Å²) >= 11 is 0. The molecule has 76 valence electrons. The first-order valence-electron chi connectivity index (χ1n) is 4.44. The summed E-state index contributed by atoms with van der Waals surface area (Å²) in [6, 6.07) is -0.632. The van der Waals surface area contributed by atoms with Crippen LogP contribution >= 0.6 is 0 Å². The van der Waals surface area contributed by atoms with E-state index in [2.05, 4.69) is 0 Å². The van der Waals surface area contributed by atoms with E-state index in [1.807, 2.05) is 13.8 Å². The Morgan fingerprint density at radius 3 is 2.46 bits per heavy atom. The first-order chi connectivity index (χ1) is 6.02. The molecule has 0 aliphatic carbocycles. The summed E-state index contributed by atoms with van der Waals surface area (Å²) in [6.07, 6.45) is 0.676. The lowest BCUT2D eigenvalue weighted by Crippen LogP contribution is -2.39. The number of nitrogens with two attached hydrogens (primary N) is 1. The summed E-state index contributed by atoms with van der Waals surface area (Å²) in [4.78, 5) is 21.4. The van der Waals surface area contributed by atoms with Crippen molar-refractivity contribution in [1.82, 2.24) is 0 Å². The standard InChI is InChI=1S/C9H17NO3/c1-4-6(2)8(10)9(12)13-7(3)5-11/h5-8H,4,10H2,1-3H3/t6-,7?,8-/m0/s1. The Hall–Kier alpha value is -0.900. The van der Waals surface area contributed by atoms with Gasteiger partial charge in [-0.05, 0) is 12.8 Å². The monoisotopic (exact) mass is 187 g/mol. The maximum atomic E-state index is 11.2. The van der Waals surface area contributed by atoms with E-state index in [0.717, 1.165) is 6.42 Å². The molecule has 13 heavy (non-hydrogen) atoms. The molecule has 0 heterocycles. The predicted octanol–water partition coefficient (Wildman–Crippen LogP) is 0.490. The van der Waals surface area contributed by atoms with E-state index in [9.17, 15) is 9.59 Å². The Labute approximate surface area is 78.4 Å². The van der Waals surface area contributed by atoms with Gasteiger partial charge in [0.1, 0.15) is 6.04 Å². The van der Waals surface area contributed by atoms with Crippen molar-refractivity contribution < 1.29 is 14.3 Å². The van der Waals surface area contributed by atoms with Crippen molar-refractivity contribution in [3.8, 4) is 0 Å². The number of hydrogen-bond donors (Lipinski definition) is 1. The molecule has 0 saturated carbocycles. The molecule has 0 aromatic carbocycles. The fraction of sp³-hybridized carbons (Fsp3) is 0.778. The van der Waals surface area contributed by atoms with Crippen LogP contribution in [0.25, 0.3) is 0 Å². The lowest BCUT2D eigenvalue weighted by Gasteiger charge is -2.17. The second kappa shape index (κ2) is 5.70. The number of carbonyl (C=O) groups excluding carboxylic acids is 2. The Balaban J connectivity index is 4.03. The van der Waals surface area contributed by atoms with Crippen molar-refractivity contribution in [1.29, 1.82) is 0 Å². The van der Waals surface area contributed by atoms with Gasteiger partial charge < -0.3 is 10.5 Å². The molecule has 0 amide bonds. The SMILES string of the molecule is CC[C@H](C)[C@H](N)C(=O)OC(C)C=O. The van der Waals surface area contributed by atoms with Crippen LogP contribution in [-0.2, 0) is 14.3 Å². The van der Waals surface area contributed by atoms with Crippen LogP contribution in [0, 0.1) is 5.92 Å². The lowest BCUT2D eigenvalue weighted by atomic mass is 10.0. The molecule has 0 saturated heterocycles. The van der Waals surface area contributed by atoms with Crippen molar-refractivity contribution >= 4 is 12.3 Å². The lowest BCUT2D eigenvalue weighted by molar-refractivity contribution is -0.153. The smallest absolute Gasteiger partial charge is 0.323 e. The summed E-state index contributed by atoms with van der Waals surface area (Å²) in [6.45, 7) is 5.33. The molecular weight excluding hydrogens is 170 g/mol. The van der Waals surface area contributed by atoms with Gasteiger partial charge in [-0.1, -0.05) is 20.3 Å². The number of esters is 1. The Bertz CT molecular complexity index is 182. The van der Waals surface area contributed by atoms with E-state index in [4.69, 9.17) is 10.5 Å². The molecule has 2 N–H and O–H groups in total. The zero-order valence-corrected chi connectivity index (χ0v) is 8.32. The molecule has 0 radical (unpaired) electrons. The van der Waals surface area contributed by atoms with Gasteiger partial charge >= 0.3 is 5.97 Å². The Kier molecular flexibility index (Phi) is 5.30. The van der Waals surface area contributed by atoms with Gasteiger partial charge in [0.15, 0.2) is 12.4 Å². The van der Waals surface area contributed by atoms with Crippen molar-refractivity contribution in [3.63, 3.8) is 0 Å². The molecule has 4 heteroatoms. The first-order valence-corrected chi connectivity index (χ1v) is 4.44. The molecule has 1 unspecified atom stereocenters. The highest BCUT2D eigenvalue weighted by atomic mass is 16.5. The van der Waals surface area contributed by atoms with Crippen molar-refractivity contribution in [3.05, 3.63) is 0 Å². The molecule has 4 nitrogen and oxygen atoms in total. The maximum absolute atomic E-state index is 11.2. The Morgan fingerprint density at radius 2 is 2.08 bits per heavy atom. The third kappa shape index (κ3) is 4.03. The number of hydrogen-bond acceptors (Lipinski definition) is 4. The van der Waals surface area contributed by atoms with Gasteiger partial charge in [-0.2, -0.15) is 0 Å². The third-order valence-electron chi connectivity index (χ3n) is 2.02. The largest absolute Gasteiger partial charge is 0.454 e. The number of aldehydes is 1. The van der Waals surface area contributed by atoms with Gasteiger partial charge in [0.25, 0.3) is 0 Å². The summed E-state index contributed by atoms with van der Waals surface area (Å²) < 4.78 is 4.75. The maximum Gasteiger partial charge on any atom is 0.323 e. The Morgan fingerprint density at radius 1 is 1.54 bits per heavy atom. The normalized spacial score (nSPS) is 17.2. The quantitative estimate of drug-likeness (QED) is 0.502. The summed E-state index contributed by atoms with van der Waals surface area (Å²) in [7, 11) is 0. The van der Waals surface area contributed by atoms with Gasteiger partial charge in [0.2, 0.25) is 0 Å². The molecular formula is C9H17NO3. The van der Waals surface area contributed by atoms with E-state index in [1.165, 1.54) is 6.92 Å². The van der Waals surface area contributed by atoms with Crippen molar-refractivity contribution in [2.24, 2.45) is 11.7 Å². The van der Waals surface area contributed by atoms with E-state index in [-0.39, 0.29) is 5.92 Å². The first kappa shape index (κ1) is 12.1. The minimum absolute atomic E-state index is 0.0753. The molecule has 0 aliphatic rings. The second-order valence-electron chi connectivity index (χ2n) is 3.19. The summed E-state index contributed by atoms with van der Waals surface area (Å²) in [5.41, 5.74) is 5.58. The highest BCUT2D eigenvalue weighted by Gasteiger charge is 2.22. The molecule has 0 aliphatic heterocycles. The average molecular weight is 187 g/mol. The van der Waals surface area contributed by atoms with Gasteiger partial charge in [0, 0.05) is 0 Å². The zero-order valence-electron chi connectivity index (χ0n) is 8.32. The number of rotatable bonds is 5. The number of carbonyl (C=O) groups is 2. The summed E-state index contributed by atoms with van der Waals surface area (Å²) in [5, 5.41) is 0. The number of ether oxygens (including phenoxy) is 1. The van der Waals surface area contributed by atoms with Gasteiger partial charge in [-0.3, -0.25) is 9.59 Å². The fourth-order valence-electron chi connectivity index (χ4n) is 0.776. The topological polar surface area (TPSA) is 69.4 Å².